The summed E-state index contributed by atoms with van der Waals surface area (Å²) >= 11 is 3.89. The fourth-order valence-electron chi connectivity index (χ4n) is 2.17. The molecule has 1 aliphatic rings. The summed E-state index contributed by atoms with van der Waals surface area (Å²) in [5, 5.41) is 15.4. The van der Waals surface area contributed by atoms with Crippen LogP contribution in [-0.4, -0.2) is 37.6 Å². The highest BCUT2D eigenvalue weighted by molar-refractivity contribution is 8.07. The molecule has 4 nitrogen and oxygen atoms in total. The number of aliphatic hydroxyl groups is 1. The number of nitrogens with zero attached hydrogens (tertiary/aromatic N) is 2. The highest BCUT2D eigenvalue weighted by Crippen LogP contribution is 2.43. The molecular weight excluding hydrogens is 280 g/mol. The fourth-order valence-corrected chi connectivity index (χ4v) is 5.00. The maximum Gasteiger partial charge on any atom is 0.232 e. The Morgan fingerprint density at radius 3 is 2.74 bits per heavy atom. The van der Waals surface area contributed by atoms with Gasteiger partial charge in [0, 0.05) is 16.3 Å². The van der Waals surface area contributed by atoms with Crippen LogP contribution in [0.15, 0.2) is 4.52 Å². The minimum Gasteiger partial charge on any atom is -0.393 e. The molecule has 1 aromatic rings. The monoisotopic (exact) mass is 302 g/mol. The molecule has 0 bridgehead atoms. The average molecular weight is 302 g/mol. The van der Waals surface area contributed by atoms with Crippen molar-refractivity contribution < 1.29 is 9.63 Å². The van der Waals surface area contributed by atoms with E-state index in [1.165, 1.54) is 0 Å². The van der Waals surface area contributed by atoms with Gasteiger partial charge < -0.3 is 9.63 Å². The van der Waals surface area contributed by atoms with Crippen molar-refractivity contribution in [2.45, 2.75) is 61.9 Å². The summed E-state index contributed by atoms with van der Waals surface area (Å²) in [6.07, 6.45) is 0.352. The molecule has 5 unspecified atom stereocenters. The highest BCUT2D eigenvalue weighted by Gasteiger charge is 2.31. The van der Waals surface area contributed by atoms with Gasteiger partial charge in [-0.25, -0.2) is 0 Å². The molecule has 2 heterocycles. The Labute approximate surface area is 123 Å². The van der Waals surface area contributed by atoms with E-state index in [9.17, 15) is 5.11 Å². The van der Waals surface area contributed by atoms with Gasteiger partial charge in [-0.2, -0.15) is 16.7 Å². The summed E-state index contributed by atoms with van der Waals surface area (Å²) in [5.41, 5.74) is 0. The number of aliphatic hydroxyl groups excluding tert-OH is 1. The molecular formula is C13H22N2O2S2. The molecule has 1 aromatic heterocycles. The van der Waals surface area contributed by atoms with E-state index < -0.39 is 6.10 Å². The zero-order valence-electron chi connectivity index (χ0n) is 11.9. The van der Waals surface area contributed by atoms with Crippen LogP contribution in [0.2, 0.25) is 0 Å². The first-order valence-electron chi connectivity index (χ1n) is 6.81. The van der Waals surface area contributed by atoms with Crippen molar-refractivity contribution in [3.05, 3.63) is 11.7 Å². The van der Waals surface area contributed by atoms with Gasteiger partial charge in [0.05, 0.1) is 17.3 Å². The Morgan fingerprint density at radius 2 is 2.16 bits per heavy atom. The predicted octanol–water partition coefficient (Wildman–Crippen LogP) is 3.24. The van der Waals surface area contributed by atoms with Crippen LogP contribution in [0.4, 0.5) is 0 Å². The van der Waals surface area contributed by atoms with Crippen LogP contribution in [0, 0.1) is 0 Å². The smallest absolute Gasteiger partial charge is 0.232 e. The number of hydrogen-bond donors (Lipinski definition) is 1. The van der Waals surface area contributed by atoms with Gasteiger partial charge in [-0.15, -0.1) is 11.8 Å². The second-order valence-electron chi connectivity index (χ2n) is 5.11. The third-order valence-corrected chi connectivity index (χ3v) is 7.02. The van der Waals surface area contributed by atoms with E-state index in [0.717, 1.165) is 18.0 Å². The van der Waals surface area contributed by atoms with E-state index in [1.54, 1.807) is 6.92 Å². The molecule has 0 spiro atoms. The Morgan fingerprint density at radius 1 is 1.42 bits per heavy atom. The van der Waals surface area contributed by atoms with E-state index in [-0.39, 0.29) is 5.92 Å². The molecule has 6 heteroatoms. The van der Waals surface area contributed by atoms with E-state index >= 15 is 0 Å². The summed E-state index contributed by atoms with van der Waals surface area (Å²) in [6.45, 7) is 8.31. The quantitative estimate of drug-likeness (QED) is 0.921. The van der Waals surface area contributed by atoms with Gasteiger partial charge in [-0.3, -0.25) is 0 Å². The molecule has 5 atom stereocenters. The lowest BCUT2D eigenvalue weighted by molar-refractivity contribution is 0.141. The largest absolute Gasteiger partial charge is 0.393 e. The van der Waals surface area contributed by atoms with Crippen LogP contribution in [0.25, 0.3) is 0 Å². The van der Waals surface area contributed by atoms with E-state index in [4.69, 9.17) is 4.52 Å². The zero-order valence-corrected chi connectivity index (χ0v) is 13.5. The maximum atomic E-state index is 9.72. The van der Waals surface area contributed by atoms with Gasteiger partial charge in [0.15, 0.2) is 5.82 Å². The lowest BCUT2D eigenvalue weighted by atomic mass is 10.0. The molecule has 1 fully saturated rings. The summed E-state index contributed by atoms with van der Waals surface area (Å²) in [6, 6.07) is 0. The van der Waals surface area contributed by atoms with Gasteiger partial charge in [-0.05, 0) is 13.3 Å². The van der Waals surface area contributed by atoms with Crippen molar-refractivity contribution in [2.75, 3.05) is 5.75 Å². The third-order valence-electron chi connectivity index (χ3n) is 3.64. The summed E-state index contributed by atoms with van der Waals surface area (Å²) in [4.78, 5) is 4.51. The Kier molecular flexibility index (Phi) is 5.20. The minimum absolute atomic E-state index is 0.0566. The molecule has 0 saturated carbocycles. The van der Waals surface area contributed by atoms with Crippen molar-refractivity contribution in [3.63, 3.8) is 0 Å². The topological polar surface area (TPSA) is 59.2 Å². The number of rotatable bonds is 4. The lowest BCUT2D eigenvalue weighted by Crippen LogP contribution is -2.22. The maximum absolute atomic E-state index is 9.72. The number of thioether (sulfide) groups is 2. The van der Waals surface area contributed by atoms with Crippen LogP contribution in [-0.2, 0) is 0 Å². The summed E-state index contributed by atoms with van der Waals surface area (Å²) in [5.74, 6) is 2.33. The highest BCUT2D eigenvalue weighted by atomic mass is 32.2. The van der Waals surface area contributed by atoms with Crippen LogP contribution in [0.3, 0.4) is 0 Å². The van der Waals surface area contributed by atoms with Crippen LogP contribution in [0.1, 0.15) is 57.0 Å². The molecule has 0 aromatic carbocycles. The van der Waals surface area contributed by atoms with Crippen molar-refractivity contribution in [1.29, 1.82) is 0 Å². The number of hydrogen-bond acceptors (Lipinski definition) is 6. The fraction of sp³-hybridized carbons (Fsp3) is 0.846. The van der Waals surface area contributed by atoms with Gasteiger partial charge in [0.25, 0.3) is 0 Å². The number of aromatic nitrogens is 2. The lowest BCUT2D eigenvalue weighted by Gasteiger charge is -2.29. The molecule has 19 heavy (non-hydrogen) atoms. The third kappa shape index (κ3) is 3.47. The normalized spacial score (nSPS) is 31.1. The van der Waals surface area contributed by atoms with Crippen molar-refractivity contribution in [2.24, 2.45) is 0 Å². The first-order valence-corrected chi connectivity index (χ1v) is 8.80. The van der Waals surface area contributed by atoms with Crippen LogP contribution < -0.4 is 0 Å². The average Bonchev–Trinajstić information content (AvgIpc) is 2.82. The molecule has 108 valence electrons. The van der Waals surface area contributed by atoms with Gasteiger partial charge in [0.1, 0.15) is 0 Å². The van der Waals surface area contributed by atoms with Crippen LogP contribution in [0.5, 0.6) is 0 Å². The minimum atomic E-state index is -0.453. The summed E-state index contributed by atoms with van der Waals surface area (Å²) < 4.78 is 5.35. The van der Waals surface area contributed by atoms with Gasteiger partial charge in [0.2, 0.25) is 5.89 Å². The Balaban J connectivity index is 2.08. The second kappa shape index (κ2) is 6.50. The Hall–Kier alpha value is -0.200. The molecule has 1 aliphatic heterocycles. The van der Waals surface area contributed by atoms with Gasteiger partial charge >= 0.3 is 0 Å². The SMILES string of the molecule is CCC(c1nc(C2CSC(C)C(C)S2)no1)C(C)O. The Bertz CT molecular complexity index is 411. The zero-order chi connectivity index (χ0) is 14.0. The molecule has 1 saturated heterocycles. The van der Waals surface area contributed by atoms with Crippen molar-refractivity contribution in [1.82, 2.24) is 10.1 Å². The van der Waals surface area contributed by atoms with E-state index in [0.29, 0.717) is 21.6 Å². The van der Waals surface area contributed by atoms with E-state index in [1.807, 2.05) is 30.4 Å². The molecule has 1 N–H and O–H groups in total. The molecule has 0 aliphatic carbocycles. The van der Waals surface area contributed by atoms with Crippen LogP contribution >= 0.6 is 23.5 Å². The molecule has 0 radical (unpaired) electrons. The van der Waals surface area contributed by atoms with Crippen molar-refractivity contribution in [3.8, 4) is 0 Å². The molecule has 0 amide bonds. The van der Waals surface area contributed by atoms with Gasteiger partial charge in [-0.1, -0.05) is 25.9 Å². The summed E-state index contributed by atoms with van der Waals surface area (Å²) in [7, 11) is 0. The standard InChI is InChI=1S/C13H22N2O2S2/c1-5-10(7(2)16)13-14-12(15-17-13)11-6-18-8(3)9(4)19-11/h7-11,16H,5-6H2,1-4H3. The van der Waals surface area contributed by atoms with E-state index in [2.05, 4.69) is 24.0 Å². The first-order chi connectivity index (χ1) is 9.02. The molecule has 2 rings (SSSR count). The first kappa shape index (κ1) is 15.2. The van der Waals surface area contributed by atoms with Crippen molar-refractivity contribution >= 4 is 23.5 Å². The predicted molar refractivity (Wildman–Crippen MR) is 80.7 cm³/mol. The second-order valence-corrected chi connectivity index (χ2v) is 8.11.